The number of benzene rings is 1. The van der Waals surface area contributed by atoms with E-state index in [1.807, 2.05) is 30.3 Å². The molecule has 0 saturated carbocycles. The number of rotatable bonds is 4. The lowest BCUT2D eigenvalue weighted by atomic mass is 9.84. The van der Waals surface area contributed by atoms with Crippen molar-refractivity contribution in [2.45, 2.75) is 19.3 Å². The van der Waals surface area contributed by atoms with Gasteiger partial charge >= 0.3 is 5.97 Å². The Morgan fingerprint density at radius 3 is 2.45 bits per heavy atom. The minimum absolute atomic E-state index is 0.0715. The standard InChI is InChI=1S/C14H15N3O3/c1-14(2,9-6-4-3-5-7-9)13(20)15-11-8-10(12(18)19)16-17-11/h3-8H,1-2H3,(H,18,19)(H2,15,16,17,20). The lowest BCUT2D eigenvalue weighted by molar-refractivity contribution is -0.120. The molecule has 0 spiro atoms. The number of nitrogens with one attached hydrogen (secondary N) is 2. The number of carboxylic acids is 1. The Balaban J connectivity index is 2.16. The zero-order valence-electron chi connectivity index (χ0n) is 11.2. The van der Waals surface area contributed by atoms with Crippen LogP contribution in [0.1, 0.15) is 29.9 Å². The fourth-order valence-corrected chi connectivity index (χ4v) is 1.75. The highest BCUT2D eigenvalue weighted by molar-refractivity contribution is 5.98. The molecule has 2 rings (SSSR count). The molecule has 1 heterocycles. The van der Waals surface area contributed by atoms with Gasteiger partial charge in [-0.25, -0.2) is 4.79 Å². The first-order valence-electron chi connectivity index (χ1n) is 6.07. The zero-order chi connectivity index (χ0) is 14.8. The topological polar surface area (TPSA) is 95.1 Å². The fourth-order valence-electron chi connectivity index (χ4n) is 1.75. The Bertz CT molecular complexity index is 632. The smallest absolute Gasteiger partial charge is 0.353 e. The molecule has 6 nitrogen and oxygen atoms in total. The summed E-state index contributed by atoms with van der Waals surface area (Å²) >= 11 is 0. The number of H-pyrrole nitrogens is 1. The molecule has 1 aromatic heterocycles. The van der Waals surface area contributed by atoms with E-state index in [-0.39, 0.29) is 17.4 Å². The van der Waals surface area contributed by atoms with Crippen LogP contribution in [-0.2, 0) is 10.2 Å². The first-order valence-corrected chi connectivity index (χ1v) is 6.07. The Morgan fingerprint density at radius 1 is 1.25 bits per heavy atom. The minimum atomic E-state index is -1.12. The predicted octanol–water partition coefficient (Wildman–Crippen LogP) is 2.02. The molecule has 6 heteroatoms. The second-order valence-corrected chi connectivity index (χ2v) is 4.92. The van der Waals surface area contributed by atoms with Crippen molar-refractivity contribution in [1.29, 1.82) is 0 Å². The maximum atomic E-state index is 12.3. The number of carbonyl (C=O) groups is 2. The minimum Gasteiger partial charge on any atom is -0.477 e. The van der Waals surface area contributed by atoms with E-state index in [9.17, 15) is 9.59 Å². The largest absolute Gasteiger partial charge is 0.477 e. The van der Waals surface area contributed by atoms with Crippen molar-refractivity contribution in [2.24, 2.45) is 0 Å². The number of aromatic amines is 1. The van der Waals surface area contributed by atoms with Crippen molar-refractivity contribution >= 4 is 17.7 Å². The Hall–Kier alpha value is -2.63. The number of amides is 1. The van der Waals surface area contributed by atoms with Crippen LogP contribution in [-0.4, -0.2) is 27.2 Å². The molecule has 20 heavy (non-hydrogen) atoms. The van der Waals surface area contributed by atoms with Gasteiger partial charge in [-0.15, -0.1) is 0 Å². The third-order valence-corrected chi connectivity index (χ3v) is 3.11. The molecule has 3 N–H and O–H groups in total. The van der Waals surface area contributed by atoms with E-state index in [2.05, 4.69) is 15.5 Å². The maximum absolute atomic E-state index is 12.3. The van der Waals surface area contributed by atoms with Gasteiger partial charge in [-0.05, 0) is 19.4 Å². The summed E-state index contributed by atoms with van der Waals surface area (Å²) in [6.45, 7) is 3.59. The van der Waals surface area contributed by atoms with Crippen molar-refractivity contribution in [3.63, 3.8) is 0 Å². The van der Waals surface area contributed by atoms with Crippen molar-refractivity contribution in [3.05, 3.63) is 47.7 Å². The molecular weight excluding hydrogens is 258 g/mol. The summed E-state index contributed by atoms with van der Waals surface area (Å²) in [6.07, 6.45) is 0. The van der Waals surface area contributed by atoms with Crippen LogP contribution < -0.4 is 5.32 Å². The number of hydrogen-bond donors (Lipinski definition) is 3. The number of carbonyl (C=O) groups excluding carboxylic acids is 1. The van der Waals surface area contributed by atoms with Crippen molar-refractivity contribution < 1.29 is 14.7 Å². The van der Waals surface area contributed by atoms with Crippen molar-refractivity contribution in [1.82, 2.24) is 10.2 Å². The van der Waals surface area contributed by atoms with Crippen molar-refractivity contribution in [3.8, 4) is 0 Å². The summed E-state index contributed by atoms with van der Waals surface area (Å²) in [6, 6.07) is 10.6. The molecule has 104 valence electrons. The van der Waals surface area contributed by atoms with Gasteiger partial charge in [0.05, 0.1) is 5.41 Å². The van der Waals surface area contributed by atoms with Crippen LogP contribution in [0.15, 0.2) is 36.4 Å². The van der Waals surface area contributed by atoms with Gasteiger partial charge in [0.2, 0.25) is 5.91 Å². The lowest BCUT2D eigenvalue weighted by Crippen LogP contribution is -2.34. The molecule has 0 aliphatic heterocycles. The van der Waals surface area contributed by atoms with E-state index < -0.39 is 11.4 Å². The third kappa shape index (κ3) is 2.69. The fraction of sp³-hybridized carbons (Fsp3) is 0.214. The SMILES string of the molecule is CC(C)(C(=O)Nc1cc(C(=O)O)[nH]n1)c1ccccc1. The molecule has 0 radical (unpaired) electrons. The summed E-state index contributed by atoms with van der Waals surface area (Å²) in [5, 5.41) is 17.5. The normalized spacial score (nSPS) is 11.1. The summed E-state index contributed by atoms with van der Waals surface area (Å²) in [7, 11) is 0. The Labute approximate surface area is 115 Å². The van der Waals surface area contributed by atoms with E-state index in [0.29, 0.717) is 0 Å². The number of aromatic nitrogens is 2. The molecule has 1 aromatic carbocycles. The highest BCUT2D eigenvalue weighted by atomic mass is 16.4. The van der Waals surface area contributed by atoms with Gasteiger partial charge in [-0.1, -0.05) is 30.3 Å². The lowest BCUT2D eigenvalue weighted by Gasteiger charge is -2.23. The van der Waals surface area contributed by atoms with Gasteiger partial charge in [-0.2, -0.15) is 5.10 Å². The zero-order valence-corrected chi connectivity index (χ0v) is 11.2. The van der Waals surface area contributed by atoms with Crippen LogP contribution in [0.3, 0.4) is 0 Å². The maximum Gasteiger partial charge on any atom is 0.353 e. The van der Waals surface area contributed by atoms with Crippen molar-refractivity contribution in [2.75, 3.05) is 5.32 Å². The van der Waals surface area contributed by atoms with E-state index in [4.69, 9.17) is 5.11 Å². The molecule has 0 fully saturated rings. The Kier molecular flexibility index (Phi) is 3.56. The quantitative estimate of drug-likeness (QED) is 0.794. The molecule has 0 atom stereocenters. The number of aromatic carboxylic acids is 1. The van der Waals surface area contributed by atoms with Gasteiger partial charge in [-0.3, -0.25) is 9.89 Å². The number of hydrogen-bond acceptors (Lipinski definition) is 3. The second-order valence-electron chi connectivity index (χ2n) is 4.92. The molecule has 0 unspecified atom stereocenters. The van der Waals surface area contributed by atoms with Gasteiger partial charge in [0, 0.05) is 6.07 Å². The van der Waals surface area contributed by atoms with E-state index in [1.165, 1.54) is 6.07 Å². The molecular formula is C14H15N3O3. The van der Waals surface area contributed by atoms with Gasteiger partial charge in [0.1, 0.15) is 5.69 Å². The predicted molar refractivity (Wildman–Crippen MR) is 73.6 cm³/mol. The molecule has 0 bridgehead atoms. The van der Waals surface area contributed by atoms with Crippen LogP contribution in [0.25, 0.3) is 0 Å². The summed E-state index contributed by atoms with van der Waals surface area (Å²) in [4.78, 5) is 23.0. The highest BCUT2D eigenvalue weighted by Crippen LogP contribution is 2.24. The van der Waals surface area contributed by atoms with Gasteiger partial charge < -0.3 is 10.4 Å². The summed E-state index contributed by atoms with van der Waals surface area (Å²) in [5.41, 5.74) is 0.0492. The van der Waals surface area contributed by atoms with E-state index >= 15 is 0 Å². The third-order valence-electron chi connectivity index (χ3n) is 3.11. The second kappa shape index (κ2) is 5.16. The van der Waals surface area contributed by atoms with Crippen LogP contribution >= 0.6 is 0 Å². The number of anilines is 1. The molecule has 0 aliphatic carbocycles. The van der Waals surface area contributed by atoms with Crippen LogP contribution in [0.5, 0.6) is 0 Å². The highest BCUT2D eigenvalue weighted by Gasteiger charge is 2.30. The average Bonchev–Trinajstić information content (AvgIpc) is 2.88. The van der Waals surface area contributed by atoms with Crippen LogP contribution in [0, 0.1) is 0 Å². The number of nitrogens with zero attached hydrogens (tertiary/aromatic N) is 1. The van der Waals surface area contributed by atoms with Gasteiger partial charge in [0.15, 0.2) is 5.82 Å². The molecule has 2 aromatic rings. The van der Waals surface area contributed by atoms with Crippen LogP contribution in [0.2, 0.25) is 0 Å². The summed E-state index contributed by atoms with van der Waals surface area (Å²) < 4.78 is 0. The first-order chi connectivity index (χ1) is 9.41. The molecule has 0 saturated heterocycles. The molecule has 1 amide bonds. The first kappa shape index (κ1) is 13.8. The van der Waals surface area contributed by atoms with E-state index in [1.54, 1.807) is 13.8 Å². The summed E-state index contributed by atoms with van der Waals surface area (Å²) in [5.74, 6) is -1.19. The average molecular weight is 273 g/mol. The molecule has 0 aliphatic rings. The van der Waals surface area contributed by atoms with E-state index in [0.717, 1.165) is 5.56 Å². The van der Waals surface area contributed by atoms with Crippen LogP contribution in [0.4, 0.5) is 5.82 Å². The monoisotopic (exact) mass is 273 g/mol. The number of carboxylic acid groups (broad SMARTS) is 1. The Morgan fingerprint density at radius 2 is 1.90 bits per heavy atom. The van der Waals surface area contributed by atoms with Gasteiger partial charge in [0.25, 0.3) is 0 Å².